The zero-order chi connectivity index (χ0) is 15.4. The Morgan fingerprint density at radius 2 is 1.91 bits per heavy atom. The molecule has 0 aromatic heterocycles. The fourth-order valence-electron chi connectivity index (χ4n) is 3.06. The van der Waals surface area contributed by atoms with E-state index in [0.717, 1.165) is 26.3 Å². The van der Waals surface area contributed by atoms with E-state index < -0.39 is 0 Å². The van der Waals surface area contributed by atoms with Gasteiger partial charge in [0.25, 0.3) is 5.91 Å². The maximum atomic E-state index is 12.3. The smallest absolute Gasteiger partial charge is 0.275 e. The number of quaternary nitrogens is 1. The molecule has 0 aliphatic carbocycles. The molecule has 1 aliphatic rings. The van der Waals surface area contributed by atoms with E-state index >= 15 is 0 Å². The van der Waals surface area contributed by atoms with Crippen molar-refractivity contribution in [3.63, 3.8) is 0 Å². The number of ether oxygens (including phenoxy) is 1. The molecule has 22 heavy (non-hydrogen) atoms. The van der Waals surface area contributed by atoms with Crippen LogP contribution >= 0.6 is 0 Å². The number of amides is 1. The Bertz CT molecular complexity index is 645. The van der Waals surface area contributed by atoms with E-state index in [1.807, 2.05) is 25.1 Å². The molecule has 0 unspecified atom stereocenters. The van der Waals surface area contributed by atoms with E-state index in [9.17, 15) is 4.79 Å². The number of morpholine rings is 1. The molecule has 4 heteroatoms. The van der Waals surface area contributed by atoms with Crippen LogP contribution in [0.4, 0.5) is 0 Å². The Morgan fingerprint density at radius 1 is 1.18 bits per heavy atom. The van der Waals surface area contributed by atoms with E-state index in [4.69, 9.17) is 4.74 Å². The summed E-state index contributed by atoms with van der Waals surface area (Å²) in [5, 5.41) is 5.55. The van der Waals surface area contributed by atoms with Crippen molar-refractivity contribution in [2.24, 2.45) is 0 Å². The molecule has 3 rings (SSSR count). The first-order valence-corrected chi connectivity index (χ1v) is 7.92. The Kier molecular flexibility index (Phi) is 4.71. The third kappa shape index (κ3) is 3.46. The molecule has 1 fully saturated rings. The van der Waals surface area contributed by atoms with Crippen molar-refractivity contribution in [3.05, 3.63) is 48.0 Å². The van der Waals surface area contributed by atoms with Crippen LogP contribution < -0.4 is 10.2 Å². The molecule has 0 spiro atoms. The van der Waals surface area contributed by atoms with E-state index in [2.05, 4.69) is 29.6 Å². The van der Waals surface area contributed by atoms with Crippen LogP contribution in [-0.2, 0) is 9.53 Å². The number of fused-ring (bicyclic) bond motifs is 1. The lowest BCUT2D eigenvalue weighted by molar-refractivity contribution is -0.900. The standard InChI is InChI=1S/C18H22N2O2/c1-14(19-18(21)13-20-9-11-22-12-10-20)16-8-4-6-15-5-2-3-7-17(15)16/h2-8,14H,9-13H2,1H3,(H,19,21)/p+1/t14-/m0/s1. The predicted octanol–water partition coefficient (Wildman–Crippen LogP) is 0.932. The number of hydrogen-bond acceptors (Lipinski definition) is 2. The summed E-state index contributed by atoms with van der Waals surface area (Å²) in [4.78, 5) is 13.6. The average molecular weight is 299 g/mol. The van der Waals surface area contributed by atoms with Gasteiger partial charge in [0.05, 0.1) is 19.3 Å². The Hall–Kier alpha value is -1.91. The molecule has 116 valence electrons. The lowest BCUT2D eigenvalue weighted by Crippen LogP contribution is -3.15. The number of carbonyl (C=O) groups excluding carboxylic acids is 1. The minimum absolute atomic E-state index is 0.0130. The topological polar surface area (TPSA) is 42.8 Å². The average Bonchev–Trinajstić information content (AvgIpc) is 2.55. The number of rotatable bonds is 4. The maximum absolute atomic E-state index is 12.3. The second kappa shape index (κ2) is 6.90. The van der Waals surface area contributed by atoms with Crippen molar-refractivity contribution in [2.75, 3.05) is 32.8 Å². The molecular weight excluding hydrogens is 276 g/mol. The largest absolute Gasteiger partial charge is 0.370 e. The van der Waals surface area contributed by atoms with E-state index in [1.165, 1.54) is 21.2 Å². The summed E-state index contributed by atoms with van der Waals surface area (Å²) in [7, 11) is 0. The van der Waals surface area contributed by atoms with Crippen LogP contribution in [0.5, 0.6) is 0 Å². The first-order valence-electron chi connectivity index (χ1n) is 7.92. The van der Waals surface area contributed by atoms with Gasteiger partial charge in [0.2, 0.25) is 0 Å². The Morgan fingerprint density at radius 3 is 2.73 bits per heavy atom. The highest BCUT2D eigenvalue weighted by molar-refractivity contribution is 5.87. The molecule has 1 saturated heterocycles. The third-order valence-electron chi connectivity index (χ3n) is 4.28. The quantitative estimate of drug-likeness (QED) is 0.882. The summed E-state index contributed by atoms with van der Waals surface area (Å²) in [6, 6.07) is 14.5. The second-order valence-electron chi connectivity index (χ2n) is 5.90. The molecule has 1 amide bonds. The molecule has 1 heterocycles. The number of nitrogens with one attached hydrogen (secondary N) is 2. The summed E-state index contributed by atoms with van der Waals surface area (Å²) >= 11 is 0. The van der Waals surface area contributed by atoms with Crippen LogP contribution in [0.2, 0.25) is 0 Å². The summed E-state index contributed by atoms with van der Waals surface area (Å²) in [6.45, 7) is 5.90. The second-order valence-corrected chi connectivity index (χ2v) is 5.90. The number of hydrogen-bond donors (Lipinski definition) is 2. The molecule has 0 bridgehead atoms. The van der Waals surface area contributed by atoms with Crippen LogP contribution in [-0.4, -0.2) is 38.8 Å². The van der Waals surface area contributed by atoms with Gasteiger partial charge in [-0.3, -0.25) is 4.79 Å². The molecule has 2 N–H and O–H groups in total. The van der Waals surface area contributed by atoms with E-state index in [0.29, 0.717) is 6.54 Å². The fraction of sp³-hybridized carbons (Fsp3) is 0.389. The molecule has 0 radical (unpaired) electrons. The van der Waals surface area contributed by atoms with Gasteiger partial charge in [-0.1, -0.05) is 42.5 Å². The van der Waals surface area contributed by atoms with Gasteiger partial charge in [0, 0.05) is 0 Å². The number of benzene rings is 2. The van der Waals surface area contributed by atoms with Crippen LogP contribution in [0.15, 0.2) is 42.5 Å². The Labute approximate surface area is 131 Å². The minimum atomic E-state index is 0.0130. The van der Waals surface area contributed by atoms with Crippen molar-refractivity contribution >= 4 is 16.7 Å². The van der Waals surface area contributed by atoms with Gasteiger partial charge in [-0.05, 0) is 23.3 Å². The monoisotopic (exact) mass is 299 g/mol. The summed E-state index contributed by atoms with van der Waals surface area (Å²) < 4.78 is 5.33. The zero-order valence-electron chi connectivity index (χ0n) is 13.0. The molecule has 2 aromatic carbocycles. The molecule has 1 atom stereocenters. The molecular formula is C18H23N2O2+. The van der Waals surface area contributed by atoms with Gasteiger partial charge in [-0.15, -0.1) is 0 Å². The van der Waals surface area contributed by atoms with Gasteiger partial charge in [-0.2, -0.15) is 0 Å². The summed E-state index contributed by atoms with van der Waals surface area (Å²) in [5.41, 5.74) is 1.17. The Balaban J connectivity index is 1.67. The highest BCUT2D eigenvalue weighted by atomic mass is 16.5. The van der Waals surface area contributed by atoms with Crippen molar-refractivity contribution in [1.29, 1.82) is 0 Å². The van der Waals surface area contributed by atoms with E-state index in [-0.39, 0.29) is 11.9 Å². The van der Waals surface area contributed by atoms with Gasteiger partial charge in [-0.25, -0.2) is 0 Å². The normalized spacial score (nSPS) is 17.3. The lowest BCUT2D eigenvalue weighted by atomic mass is 10.00. The highest BCUT2D eigenvalue weighted by Crippen LogP contribution is 2.23. The van der Waals surface area contributed by atoms with Gasteiger partial charge in [0.1, 0.15) is 13.1 Å². The third-order valence-corrected chi connectivity index (χ3v) is 4.28. The van der Waals surface area contributed by atoms with Crippen molar-refractivity contribution < 1.29 is 14.4 Å². The predicted molar refractivity (Wildman–Crippen MR) is 86.9 cm³/mol. The summed E-state index contributed by atoms with van der Waals surface area (Å²) in [5.74, 6) is 0.109. The minimum Gasteiger partial charge on any atom is -0.370 e. The number of carbonyl (C=O) groups is 1. The van der Waals surface area contributed by atoms with Crippen LogP contribution in [0.1, 0.15) is 18.5 Å². The first kappa shape index (κ1) is 15.0. The van der Waals surface area contributed by atoms with Gasteiger partial charge >= 0.3 is 0 Å². The SMILES string of the molecule is C[C@H](NC(=O)C[NH+]1CCOCC1)c1cccc2ccccc12. The van der Waals surface area contributed by atoms with Gasteiger partial charge in [0.15, 0.2) is 6.54 Å². The van der Waals surface area contributed by atoms with Crippen molar-refractivity contribution in [2.45, 2.75) is 13.0 Å². The first-order chi connectivity index (χ1) is 10.7. The van der Waals surface area contributed by atoms with Crippen molar-refractivity contribution in [3.8, 4) is 0 Å². The molecule has 2 aromatic rings. The summed E-state index contributed by atoms with van der Waals surface area (Å²) in [6.07, 6.45) is 0. The molecule has 4 nitrogen and oxygen atoms in total. The zero-order valence-corrected chi connectivity index (χ0v) is 13.0. The van der Waals surface area contributed by atoms with Crippen LogP contribution in [0.25, 0.3) is 10.8 Å². The van der Waals surface area contributed by atoms with Crippen molar-refractivity contribution in [1.82, 2.24) is 5.32 Å². The lowest BCUT2D eigenvalue weighted by Gasteiger charge is -2.24. The van der Waals surface area contributed by atoms with Crippen LogP contribution in [0, 0.1) is 0 Å². The fourth-order valence-corrected chi connectivity index (χ4v) is 3.06. The molecule has 0 saturated carbocycles. The highest BCUT2D eigenvalue weighted by Gasteiger charge is 2.19. The molecule has 1 aliphatic heterocycles. The maximum Gasteiger partial charge on any atom is 0.275 e. The van der Waals surface area contributed by atoms with E-state index in [1.54, 1.807) is 0 Å². The van der Waals surface area contributed by atoms with Gasteiger partial charge < -0.3 is 15.0 Å². The van der Waals surface area contributed by atoms with Crippen LogP contribution in [0.3, 0.4) is 0 Å².